The van der Waals surface area contributed by atoms with Crippen LogP contribution in [-0.2, 0) is 22.1 Å². The van der Waals surface area contributed by atoms with Crippen LogP contribution in [0.2, 0.25) is 0 Å². The van der Waals surface area contributed by atoms with E-state index in [1.807, 2.05) is 0 Å². The lowest BCUT2D eigenvalue weighted by Gasteiger charge is -2.25. The molecule has 2 aromatic rings. The van der Waals surface area contributed by atoms with E-state index in [9.17, 15) is 31.5 Å². The van der Waals surface area contributed by atoms with Gasteiger partial charge < -0.3 is 10.1 Å². The first-order valence-electron chi connectivity index (χ1n) is 9.83. The Hall–Kier alpha value is -2.69. The summed E-state index contributed by atoms with van der Waals surface area (Å²) < 4.78 is 74.1. The Morgan fingerprint density at radius 1 is 1.15 bits per heavy atom. The first-order chi connectivity index (χ1) is 15.3. The highest BCUT2D eigenvalue weighted by molar-refractivity contribution is 7.80. The van der Waals surface area contributed by atoms with E-state index in [2.05, 4.69) is 27.7 Å². The van der Waals surface area contributed by atoms with Crippen molar-refractivity contribution in [2.75, 3.05) is 12.4 Å². The monoisotopic (exact) mass is 490 g/mol. The number of alkyl halides is 5. The summed E-state index contributed by atoms with van der Waals surface area (Å²) in [5.41, 5.74) is -3.53. The molecule has 2 rings (SSSR count). The van der Waals surface area contributed by atoms with Crippen LogP contribution in [0, 0.1) is 5.92 Å². The highest BCUT2D eigenvalue weighted by atomic mass is 32.1. The highest BCUT2D eigenvalue weighted by Gasteiger charge is 2.42. The van der Waals surface area contributed by atoms with Crippen LogP contribution in [0.15, 0.2) is 24.3 Å². The molecule has 1 aromatic heterocycles. The standard InChI is InChI=1S/C22H23F5N2O3S/c1-10(2)9-14-15(21(31)32-4)17(20(23)24)29-19(22(25,26)27)16(14)18(33)12-5-7-13(8-6-12)28-11(3)30/h5-8,10,18,20,33H,9H2,1-4H3,(H,28,30). The molecule has 1 aromatic carbocycles. The van der Waals surface area contributed by atoms with Crippen molar-refractivity contribution in [3.8, 4) is 0 Å². The minimum absolute atomic E-state index is 0.119. The van der Waals surface area contributed by atoms with Gasteiger partial charge >= 0.3 is 12.1 Å². The SMILES string of the molecule is COC(=O)c1c(C(F)F)nc(C(F)(F)F)c(C(S)c2ccc(NC(C)=O)cc2)c1CC(C)C. The van der Waals surface area contributed by atoms with Crippen LogP contribution in [0.4, 0.5) is 27.6 Å². The van der Waals surface area contributed by atoms with E-state index in [1.54, 1.807) is 13.8 Å². The lowest BCUT2D eigenvalue weighted by molar-refractivity contribution is -0.142. The van der Waals surface area contributed by atoms with Crippen molar-refractivity contribution < 1.29 is 36.3 Å². The van der Waals surface area contributed by atoms with Gasteiger partial charge in [-0.25, -0.2) is 18.6 Å². The molecule has 180 valence electrons. The fourth-order valence-corrected chi connectivity index (χ4v) is 3.86. The average Bonchev–Trinajstić information content (AvgIpc) is 2.70. The number of rotatable bonds is 7. The van der Waals surface area contributed by atoms with Crippen LogP contribution in [0.25, 0.3) is 0 Å². The summed E-state index contributed by atoms with van der Waals surface area (Å²) in [6.45, 7) is 4.65. The van der Waals surface area contributed by atoms with Crippen LogP contribution in [-0.4, -0.2) is 24.0 Å². The molecule has 0 spiro atoms. The van der Waals surface area contributed by atoms with E-state index in [1.165, 1.54) is 31.2 Å². The number of nitrogens with one attached hydrogen (secondary N) is 1. The van der Waals surface area contributed by atoms with Crippen molar-refractivity contribution in [3.05, 3.63) is 57.9 Å². The Morgan fingerprint density at radius 3 is 2.15 bits per heavy atom. The molecule has 1 N–H and O–H groups in total. The number of methoxy groups -OCH3 is 1. The van der Waals surface area contributed by atoms with Crippen molar-refractivity contribution in [1.82, 2.24) is 4.98 Å². The lowest BCUT2D eigenvalue weighted by atomic mass is 9.87. The maximum atomic E-state index is 14.0. The molecule has 1 heterocycles. The second-order valence-electron chi connectivity index (χ2n) is 7.71. The number of ether oxygens (including phenoxy) is 1. The summed E-state index contributed by atoms with van der Waals surface area (Å²) in [5, 5.41) is 1.27. The predicted molar refractivity (Wildman–Crippen MR) is 116 cm³/mol. The number of aromatic nitrogens is 1. The zero-order valence-corrected chi connectivity index (χ0v) is 19.2. The van der Waals surface area contributed by atoms with Crippen molar-refractivity contribution in [1.29, 1.82) is 0 Å². The van der Waals surface area contributed by atoms with E-state index in [-0.39, 0.29) is 29.4 Å². The topological polar surface area (TPSA) is 68.3 Å². The Labute approximate surface area is 193 Å². The molecule has 1 unspecified atom stereocenters. The van der Waals surface area contributed by atoms with Gasteiger partial charge in [-0.3, -0.25) is 4.79 Å². The third-order valence-corrected chi connectivity index (χ3v) is 5.22. The summed E-state index contributed by atoms with van der Waals surface area (Å²) in [4.78, 5) is 26.8. The number of nitrogens with zero attached hydrogens (tertiary/aromatic N) is 1. The molecule has 0 aliphatic carbocycles. The maximum absolute atomic E-state index is 14.0. The van der Waals surface area contributed by atoms with Crippen LogP contribution in [0.1, 0.15) is 70.9 Å². The quantitative estimate of drug-likeness (QED) is 0.284. The highest BCUT2D eigenvalue weighted by Crippen LogP contribution is 2.44. The van der Waals surface area contributed by atoms with Gasteiger partial charge in [0.1, 0.15) is 11.4 Å². The molecule has 11 heteroatoms. The minimum Gasteiger partial charge on any atom is -0.465 e. The van der Waals surface area contributed by atoms with E-state index in [0.29, 0.717) is 5.69 Å². The smallest absolute Gasteiger partial charge is 0.433 e. The molecule has 0 saturated heterocycles. The average molecular weight is 490 g/mol. The molecule has 0 aliphatic rings. The van der Waals surface area contributed by atoms with E-state index in [0.717, 1.165) is 7.11 Å². The number of anilines is 1. The van der Waals surface area contributed by atoms with Gasteiger partial charge in [-0.05, 0) is 35.6 Å². The molecular weight excluding hydrogens is 467 g/mol. The van der Waals surface area contributed by atoms with Crippen molar-refractivity contribution >= 4 is 30.2 Å². The second kappa shape index (κ2) is 10.5. The Kier molecular flexibility index (Phi) is 8.45. The molecule has 1 atom stereocenters. The number of pyridine rings is 1. The number of hydrogen-bond donors (Lipinski definition) is 2. The van der Waals surface area contributed by atoms with Crippen LogP contribution in [0.3, 0.4) is 0 Å². The fourth-order valence-electron chi connectivity index (χ4n) is 3.41. The summed E-state index contributed by atoms with van der Waals surface area (Å²) in [6, 6.07) is 5.83. The molecule has 0 aliphatic heterocycles. The molecular formula is C22H23F5N2O3S. The first-order valence-corrected chi connectivity index (χ1v) is 10.3. The summed E-state index contributed by atoms with van der Waals surface area (Å²) in [7, 11) is 0.951. The normalized spacial score (nSPS) is 12.7. The molecule has 0 fully saturated rings. The number of thiol groups is 1. The third-order valence-electron chi connectivity index (χ3n) is 4.67. The van der Waals surface area contributed by atoms with Gasteiger partial charge in [0.05, 0.1) is 17.9 Å². The number of amides is 1. The van der Waals surface area contributed by atoms with Crippen LogP contribution in [0.5, 0.6) is 0 Å². The Balaban J connectivity index is 2.87. The second-order valence-corrected chi connectivity index (χ2v) is 8.22. The summed E-state index contributed by atoms with van der Waals surface area (Å²) in [6.07, 6.45) is -8.64. The van der Waals surface area contributed by atoms with Crippen molar-refractivity contribution in [3.63, 3.8) is 0 Å². The fraction of sp³-hybridized carbons (Fsp3) is 0.409. The summed E-state index contributed by atoms with van der Waals surface area (Å²) in [5.74, 6) is -1.83. The zero-order valence-electron chi connectivity index (χ0n) is 18.3. The van der Waals surface area contributed by atoms with Gasteiger partial charge in [0.25, 0.3) is 6.43 Å². The molecule has 0 radical (unpaired) electrons. The van der Waals surface area contributed by atoms with Gasteiger partial charge in [-0.2, -0.15) is 25.8 Å². The maximum Gasteiger partial charge on any atom is 0.433 e. The van der Waals surface area contributed by atoms with Crippen molar-refractivity contribution in [2.24, 2.45) is 5.92 Å². The molecule has 1 amide bonds. The number of esters is 1. The minimum atomic E-state index is -5.09. The summed E-state index contributed by atoms with van der Waals surface area (Å²) >= 11 is 4.37. The lowest BCUT2D eigenvalue weighted by Crippen LogP contribution is -2.23. The van der Waals surface area contributed by atoms with Gasteiger partial charge in [0.2, 0.25) is 5.91 Å². The Bertz CT molecular complexity index is 1020. The zero-order chi connectivity index (χ0) is 25.1. The van der Waals surface area contributed by atoms with Crippen LogP contribution >= 0.6 is 12.6 Å². The number of hydrogen-bond acceptors (Lipinski definition) is 5. The molecule has 33 heavy (non-hydrogen) atoms. The number of carbonyl (C=O) groups excluding carboxylic acids is 2. The van der Waals surface area contributed by atoms with E-state index >= 15 is 0 Å². The largest absolute Gasteiger partial charge is 0.465 e. The van der Waals surface area contributed by atoms with E-state index in [4.69, 9.17) is 0 Å². The van der Waals surface area contributed by atoms with Crippen molar-refractivity contribution in [2.45, 2.75) is 45.0 Å². The van der Waals surface area contributed by atoms with E-state index < -0.39 is 46.3 Å². The van der Waals surface area contributed by atoms with Gasteiger partial charge in [-0.1, -0.05) is 26.0 Å². The Morgan fingerprint density at radius 2 is 1.73 bits per heavy atom. The third kappa shape index (κ3) is 6.21. The number of carbonyl (C=O) groups is 2. The van der Waals surface area contributed by atoms with Gasteiger partial charge in [0.15, 0.2) is 0 Å². The predicted octanol–water partition coefficient (Wildman–Crippen LogP) is 6.00. The molecule has 5 nitrogen and oxygen atoms in total. The number of halogens is 5. The number of benzene rings is 1. The first kappa shape index (κ1) is 26.6. The molecule has 0 bridgehead atoms. The molecule has 0 saturated carbocycles. The van der Waals surface area contributed by atoms with Gasteiger partial charge in [-0.15, -0.1) is 0 Å². The van der Waals surface area contributed by atoms with Crippen LogP contribution < -0.4 is 5.32 Å². The van der Waals surface area contributed by atoms with Gasteiger partial charge in [0, 0.05) is 18.2 Å².